The first-order valence-electron chi connectivity index (χ1n) is 4.07. The van der Waals surface area contributed by atoms with E-state index in [9.17, 15) is 0 Å². The highest BCUT2D eigenvalue weighted by Crippen LogP contribution is 2.26. The standard InChI is InChI=1S/C8H12N2S2/c9-8-4-11-3-6(8)1-7-2-10-5-12-7/h2,5-6,8H,1,3-4,9H2. The smallest absolute Gasteiger partial charge is 0.0794 e. The van der Waals surface area contributed by atoms with Crippen molar-refractivity contribution in [3.63, 3.8) is 0 Å². The molecule has 0 amide bonds. The number of nitrogens with zero attached hydrogens (tertiary/aromatic N) is 1. The molecule has 1 aromatic heterocycles. The molecule has 66 valence electrons. The van der Waals surface area contributed by atoms with Gasteiger partial charge in [-0.2, -0.15) is 11.8 Å². The summed E-state index contributed by atoms with van der Waals surface area (Å²) in [5.41, 5.74) is 7.85. The van der Waals surface area contributed by atoms with Crippen LogP contribution in [0.5, 0.6) is 0 Å². The van der Waals surface area contributed by atoms with Gasteiger partial charge in [0.05, 0.1) is 5.51 Å². The molecule has 0 aromatic carbocycles. The van der Waals surface area contributed by atoms with E-state index in [-0.39, 0.29) is 0 Å². The number of hydrogen-bond acceptors (Lipinski definition) is 4. The molecule has 1 saturated heterocycles. The molecule has 1 aliphatic rings. The van der Waals surface area contributed by atoms with Crippen molar-refractivity contribution >= 4 is 23.1 Å². The number of aromatic nitrogens is 1. The minimum absolute atomic E-state index is 0.400. The maximum absolute atomic E-state index is 5.96. The van der Waals surface area contributed by atoms with Gasteiger partial charge in [-0.1, -0.05) is 0 Å². The van der Waals surface area contributed by atoms with Gasteiger partial charge in [-0.25, -0.2) is 0 Å². The molecule has 2 rings (SSSR count). The molecule has 0 radical (unpaired) electrons. The van der Waals surface area contributed by atoms with Crippen LogP contribution in [-0.4, -0.2) is 22.5 Å². The second kappa shape index (κ2) is 3.77. The van der Waals surface area contributed by atoms with Crippen molar-refractivity contribution in [2.45, 2.75) is 12.5 Å². The molecule has 1 aliphatic heterocycles. The normalized spacial score (nSPS) is 29.4. The lowest BCUT2D eigenvalue weighted by Crippen LogP contribution is -2.29. The first-order valence-corrected chi connectivity index (χ1v) is 6.10. The van der Waals surface area contributed by atoms with E-state index in [2.05, 4.69) is 4.98 Å². The molecule has 0 saturated carbocycles. The molecule has 0 spiro atoms. The molecule has 0 aliphatic carbocycles. The minimum Gasteiger partial charge on any atom is -0.327 e. The second-order valence-electron chi connectivity index (χ2n) is 3.13. The van der Waals surface area contributed by atoms with Gasteiger partial charge < -0.3 is 5.73 Å². The molecular weight excluding hydrogens is 188 g/mol. The Morgan fingerprint density at radius 2 is 2.50 bits per heavy atom. The summed E-state index contributed by atoms with van der Waals surface area (Å²) in [6.07, 6.45) is 3.08. The summed E-state index contributed by atoms with van der Waals surface area (Å²) in [6.45, 7) is 0. The molecule has 4 heteroatoms. The summed E-state index contributed by atoms with van der Waals surface area (Å²) >= 11 is 3.71. The van der Waals surface area contributed by atoms with E-state index in [4.69, 9.17) is 5.73 Å². The van der Waals surface area contributed by atoms with Crippen molar-refractivity contribution < 1.29 is 0 Å². The fourth-order valence-electron chi connectivity index (χ4n) is 1.43. The third kappa shape index (κ3) is 1.81. The van der Waals surface area contributed by atoms with Crippen LogP contribution >= 0.6 is 23.1 Å². The molecule has 2 heterocycles. The van der Waals surface area contributed by atoms with E-state index >= 15 is 0 Å². The molecule has 12 heavy (non-hydrogen) atoms. The van der Waals surface area contributed by atoms with Crippen LogP contribution in [0.25, 0.3) is 0 Å². The van der Waals surface area contributed by atoms with Crippen LogP contribution in [0.1, 0.15) is 4.88 Å². The van der Waals surface area contributed by atoms with Crippen molar-refractivity contribution in [3.05, 3.63) is 16.6 Å². The Morgan fingerprint density at radius 3 is 3.08 bits per heavy atom. The lowest BCUT2D eigenvalue weighted by molar-refractivity contribution is 0.518. The van der Waals surface area contributed by atoms with E-state index < -0.39 is 0 Å². The largest absolute Gasteiger partial charge is 0.327 e. The van der Waals surface area contributed by atoms with Gasteiger partial charge in [0.2, 0.25) is 0 Å². The van der Waals surface area contributed by atoms with Gasteiger partial charge in [-0.05, 0) is 18.1 Å². The summed E-state index contributed by atoms with van der Waals surface area (Å²) in [4.78, 5) is 5.43. The molecule has 2 atom stereocenters. The van der Waals surface area contributed by atoms with Crippen molar-refractivity contribution in [2.75, 3.05) is 11.5 Å². The third-order valence-electron chi connectivity index (χ3n) is 2.19. The minimum atomic E-state index is 0.400. The SMILES string of the molecule is NC1CSCC1Cc1cncs1. The highest BCUT2D eigenvalue weighted by atomic mass is 32.2. The van der Waals surface area contributed by atoms with Crippen molar-refractivity contribution in [3.8, 4) is 0 Å². The zero-order chi connectivity index (χ0) is 8.39. The fourth-order valence-corrected chi connectivity index (χ4v) is 3.46. The fraction of sp³-hybridized carbons (Fsp3) is 0.625. The number of thioether (sulfide) groups is 1. The van der Waals surface area contributed by atoms with Crippen LogP contribution in [-0.2, 0) is 6.42 Å². The molecular formula is C8H12N2S2. The van der Waals surface area contributed by atoms with Crippen LogP contribution < -0.4 is 5.73 Å². The number of rotatable bonds is 2. The molecule has 1 fully saturated rings. The van der Waals surface area contributed by atoms with Crippen molar-refractivity contribution in [1.29, 1.82) is 0 Å². The van der Waals surface area contributed by atoms with E-state index in [1.165, 1.54) is 10.6 Å². The lowest BCUT2D eigenvalue weighted by atomic mass is 10.0. The zero-order valence-electron chi connectivity index (χ0n) is 6.77. The van der Waals surface area contributed by atoms with Crippen LogP contribution in [0.3, 0.4) is 0 Å². The Bertz CT molecular complexity index is 235. The maximum Gasteiger partial charge on any atom is 0.0794 e. The summed E-state index contributed by atoms with van der Waals surface area (Å²) < 4.78 is 0. The number of nitrogens with two attached hydrogens (primary N) is 1. The van der Waals surface area contributed by atoms with Crippen molar-refractivity contribution in [2.24, 2.45) is 11.7 Å². The maximum atomic E-state index is 5.96. The van der Waals surface area contributed by atoms with E-state index in [1.54, 1.807) is 11.3 Å². The van der Waals surface area contributed by atoms with Crippen LogP contribution in [0.15, 0.2) is 11.7 Å². The predicted octanol–water partition coefficient (Wildman–Crippen LogP) is 1.38. The van der Waals surface area contributed by atoms with Crippen molar-refractivity contribution in [1.82, 2.24) is 4.98 Å². The van der Waals surface area contributed by atoms with Crippen LogP contribution in [0.2, 0.25) is 0 Å². The van der Waals surface area contributed by atoms with Gasteiger partial charge in [0.1, 0.15) is 0 Å². The Hall–Kier alpha value is -0.0600. The summed E-state index contributed by atoms with van der Waals surface area (Å²) in [6, 6.07) is 0.400. The van der Waals surface area contributed by atoms with Crippen LogP contribution in [0, 0.1) is 5.92 Å². The second-order valence-corrected chi connectivity index (χ2v) is 5.18. The first-order chi connectivity index (χ1) is 5.86. The Kier molecular flexibility index (Phi) is 2.68. The Labute approximate surface area is 80.6 Å². The van der Waals surface area contributed by atoms with Gasteiger partial charge in [0.15, 0.2) is 0 Å². The highest BCUT2D eigenvalue weighted by Gasteiger charge is 2.24. The molecule has 2 unspecified atom stereocenters. The molecule has 0 bridgehead atoms. The van der Waals surface area contributed by atoms with Crippen LogP contribution in [0.4, 0.5) is 0 Å². The highest BCUT2D eigenvalue weighted by molar-refractivity contribution is 7.99. The third-order valence-corrected chi connectivity index (χ3v) is 4.28. The van der Waals surface area contributed by atoms with E-state index in [0.717, 1.165) is 12.2 Å². The van der Waals surface area contributed by atoms with E-state index in [0.29, 0.717) is 12.0 Å². The van der Waals surface area contributed by atoms with Gasteiger partial charge >= 0.3 is 0 Å². The lowest BCUT2D eigenvalue weighted by Gasteiger charge is -2.11. The topological polar surface area (TPSA) is 38.9 Å². The Balaban J connectivity index is 1.95. The van der Waals surface area contributed by atoms with Gasteiger partial charge in [0, 0.05) is 22.9 Å². The quantitative estimate of drug-likeness (QED) is 0.784. The van der Waals surface area contributed by atoms with Gasteiger partial charge in [-0.15, -0.1) is 11.3 Å². The average molecular weight is 200 g/mol. The first kappa shape index (κ1) is 8.53. The monoisotopic (exact) mass is 200 g/mol. The summed E-state index contributed by atoms with van der Waals surface area (Å²) in [7, 11) is 0. The molecule has 2 nitrogen and oxygen atoms in total. The number of thiazole rings is 1. The molecule has 2 N–H and O–H groups in total. The zero-order valence-corrected chi connectivity index (χ0v) is 8.40. The average Bonchev–Trinajstić information content (AvgIpc) is 2.65. The molecule has 1 aromatic rings. The number of hydrogen-bond donors (Lipinski definition) is 1. The summed E-state index contributed by atoms with van der Waals surface area (Å²) in [5, 5.41) is 0. The van der Waals surface area contributed by atoms with E-state index in [1.807, 2.05) is 23.5 Å². The Morgan fingerprint density at radius 1 is 1.58 bits per heavy atom. The van der Waals surface area contributed by atoms with Gasteiger partial charge in [-0.3, -0.25) is 4.98 Å². The van der Waals surface area contributed by atoms with Gasteiger partial charge in [0.25, 0.3) is 0 Å². The predicted molar refractivity (Wildman–Crippen MR) is 54.6 cm³/mol. The summed E-state index contributed by atoms with van der Waals surface area (Å²) in [5.74, 6) is 3.03.